The first kappa shape index (κ1) is 18.8. The molecule has 0 aliphatic heterocycles. The summed E-state index contributed by atoms with van der Waals surface area (Å²) < 4.78 is 13.2. The Morgan fingerprint density at radius 3 is 2.53 bits per heavy atom. The predicted octanol–water partition coefficient (Wildman–Crippen LogP) is 4.41. The Bertz CT molecular complexity index is 1610. The minimum Gasteiger partial charge on any atom is -0.502 e. The van der Waals surface area contributed by atoms with Crippen molar-refractivity contribution in [3.8, 4) is 22.6 Å². The number of fused-ring (bicyclic) bond motifs is 4. The summed E-state index contributed by atoms with van der Waals surface area (Å²) >= 11 is 0. The Morgan fingerprint density at radius 1 is 1.06 bits per heavy atom. The third-order valence-electron chi connectivity index (χ3n) is 6.51. The monoisotopic (exact) mass is 431 g/mol. The number of benzene rings is 2. The molecule has 0 radical (unpaired) electrons. The predicted molar refractivity (Wildman–Crippen MR) is 122 cm³/mol. The van der Waals surface area contributed by atoms with Crippen molar-refractivity contribution in [2.24, 2.45) is 0 Å². The molecule has 162 valence electrons. The number of phenols is 1. The minimum atomic E-state index is -0.514. The summed E-state index contributed by atoms with van der Waals surface area (Å²) in [5.41, 5.74) is 2.46. The Kier molecular flexibility index (Phi) is 3.98. The van der Waals surface area contributed by atoms with Gasteiger partial charge >= 0.3 is 0 Å². The topological polar surface area (TPSA) is 113 Å². The lowest BCUT2D eigenvalue weighted by Gasteiger charge is -2.13. The molecule has 0 bridgehead atoms. The number of aromatic nitrogens is 3. The lowest BCUT2D eigenvalue weighted by Crippen LogP contribution is -2.10. The van der Waals surface area contributed by atoms with E-state index in [1.165, 1.54) is 6.07 Å². The van der Waals surface area contributed by atoms with Crippen LogP contribution < -0.4 is 15.7 Å². The molecule has 5 aromatic rings. The van der Waals surface area contributed by atoms with Crippen LogP contribution in [-0.2, 0) is 0 Å². The van der Waals surface area contributed by atoms with Crippen LogP contribution in [0.4, 0.5) is 0 Å². The highest BCUT2D eigenvalue weighted by Crippen LogP contribution is 2.41. The molecule has 0 unspecified atom stereocenters. The molecule has 1 saturated carbocycles. The van der Waals surface area contributed by atoms with Crippen LogP contribution in [-0.4, -0.2) is 27.0 Å². The van der Waals surface area contributed by atoms with Gasteiger partial charge in [0, 0.05) is 10.9 Å². The van der Waals surface area contributed by atoms with Crippen molar-refractivity contribution in [3.63, 3.8) is 0 Å². The molecule has 3 heterocycles. The van der Waals surface area contributed by atoms with Gasteiger partial charge in [-0.25, -0.2) is 0 Å². The number of ether oxygens (including phenoxy) is 1. The summed E-state index contributed by atoms with van der Waals surface area (Å²) in [7, 11) is 1.60. The van der Waals surface area contributed by atoms with Gasteiger partial charge in [-0.1, -0.05) is 25.0 Å². The molecule has 0 spiro atoms. The first-order chi connectivity index (χ1) is 15.6. The van der Waals surface area contributed by atoms with Gasteiger partial charge in [0.15, 0.2) is 11.2 Å². The molecule has 8 nitrogen and oxygen atoms in total. The molecule has 3 N–H and O–H groups in total. The number of nitrogens with one attached hydrogen (secondary N) is 2. The fraction of sp³-hybridized carbons (Fsp3) is 0.250. The Morgan fingerprint density at radius 2 is 1.81 bits per heavy atom. The van der Waals surface area contributed by atoms with E-state index in [1.807, 2.05) is 28.9 Å². The lowest BCUT2D eigenvalue weighted by atomic mass is 10.0. The summed E-state index contributed by atoms with van der Waals surface area (Å²) in [5, 5.41) is 14.4. The van der Waals surface area contributed by atoms with E-state index in [4.69, 9.17) is 9.15 Å². The zero-order chi connectivity index (χ0) is 22.0. The molecule has 0 atom stereocenters. The smallest absolute Gasteiger partial charge is 0.274 e. The molecule has 6 rings (SSSR count). The maximum atomic E-state index is 13.2. The molecule has 2 aromatic carbocycles. The highest BCUT2D eigenvalue weighted by Gasteiger charge is 2.26. The average molecular weight is 431 g/mol. The van der Waals surface area contributed by atoms with E-state index in [2.05, 4.69) is 10.1 Å². The van der Waals surface area contributed by atoms with Gasteiger partial charge in [-0.05, 0) is 42.7 Å². The van der Waals surface area contributed by atoms with Crippen LogP contribution in [0.15, 0.2) is 50.4 Å². The van der Waals surface area contributed by atoms with Crippen molar-refractivity contribution in [2.45, 2.75) is 31.7 Å². The summed E-state index contributed by atoms with van der Waals surface area (Å²) in [5.74, 6) is 0.254. The number of phenolic OH excluding ortho intramolecular Hbond substituents is 1. The minimum absolute atomic E-state index is 0.106. The van der Waals surface area contributed by atoms with E-state index >= 15 is 0 Å². The lowest BCUT2D eigenvalue weighted by molar-refractivity contribution is 0.415. The van der Waals surface area contributed by atoms with E-state index in [0.717, 1.165) is 31.2 Å². The van der Waals surface area contributed by atoms with Gasteiger partial charge in [-0.2, -0.15) is 0 Å². The molecule has 8 heteroatoms. The molecule has 3 aromatic heterocycles. The van der Waals surface area contributed by atoms with Gasteiger partial charge in [0.25, 0.3) is 5.56 Å². The quantitative estimate of drug-likeness (QED) is 0.392. The number of H-pyrrole nitrogens is 2. The second-order valence-corrected chi connectivity index (χ2v) is 8.30. The van der Waals surface area contributed by atoms with E-state index in [-0.39, 0.29) is 17.2 Å². The van der Waals surface area contributed by atoms with Crippen molar-refractivity contribution >= 4 is 33.1 Å². The van der Waals surface area contributed by atoms with Crippen LogP contribution in [0.2, 0.25) is 0 Å². The van der Waals surface area contributed by atoms with Crippen molar-refractivity contribution in [1.82, 2.24) is 14.8 Å². The molecule has 0 amide bonds. The maximum absolute atomic E-state index is 13.2. The van der Waals surface area contributed by atoms with Crippen LogP contribution in [0.5, 0.6) is 11.5 Å². The fourth-order valence-corrected chi connectivity index (χ4v) is 4.93. The number of hydrogen-bond acceptors (Lipinski definition) is 5. The van der Waals surface area contributed by atoms with Crippen LogP contribution in [0.1, 0.15) is 31.7 Å². The summed E-state index contributed by atoms with van der Waals surface area (Å²) in [6.07, 6.45) is 4.23. The normalized spacial score (nSPS) is 14.8. The summed E-state index contributed by atoms with van der Waals surface area (Å²) in [6, 6.07) is 10.5. The second kappa shape index (κ2) is 6.78. The van der Waals surface area contributed by atoms with Crippen LogP contribution in [0.3, 0.4) is 0 Å². The zero-order valence-electron chi connectivity index (χ0n) is 17.4. The number of pyridine rings is 1. The molecular formula is C24H21N3O5. The van der Waals surface area contributed by atoms with E-state index in [0.29, 0.717) is 38.8 Å². The maximum Gasteiger partial charge on any atom is 0.274 e. The number of aromatic hydroxyl groups is 1. The van der Waals surface area contributed by atoms with Crippen LogP contribution >= 0.6 is 0 Å². The van der Waals surface area contributed by atoms with Crippen molar-refractivity contribution in [3.05, 3.63) is 57.0 Å². The SMILES string of the molecule is COc1ccc(-c2c3oc4c(O)c(=O)ccc4c3[nH]c3c2c(=O)[nH]n3C2CCCC2)cc1. The number of rotatable bonds is 3. The Hall–Kier alpha value is -3.94. The number of furan rings is 1. The largest absolute Gasteiger partial charge is 0.502 e. The molecule has 1 aliphatic carbocycles. The van der Waals surface area contributed by atoms with Crippen molar-refractivity contribution in [2.75, 3.05) is 7.11 Å². The van der Waals surface area contributed by atoms with Gasteiger partial charge in [-0.15, -0.1) is 0 Å². The summed E-state index contributed by atoms with van der Waals surface area (Å²) in [4.78, 5) is 28.6. The van der Waals surface area contributed by atoms with Gasteiger partial charge in [0.1, 0.15) is 11.4 Å². The molecule has 1 fully saturated rings. The highest BCUT2D eigenvalue weighted by molar-refractivity contribution is 6.15. The van der Waals surface area contributed by atoms with E-state index in [1.54, 1.807) is 13.2 Å². The zero-order valence-corrected chi connectivity index (χ0v) is 17.4. The number of nitrogens with zero attached hydrogens (tertiary/aromatic N) is 1. The molecule has 32 heavy (non-hydrogen) atoms. The second-order valence-electron chi connectivity index (χ2n) is 8.30. The number of methoxy groups -OCH3 is 1. The Balaban J connectivity index is 1.79. The van der Waals surface area contributed by atoms with Gasteiger partial charge in [0.2, 0.25) is 11.2 Å². The van der Waals surface area contributed by atoms with Crippen LogP contribution in [0, 0.1) is 0 Å². The molecular weight excluding hydrogens is 410 g/mol. The van der Waals surface area contributed by atoms with Crippen molar-refractivity contribution < 1.29 is 14.3 Å². The van der Waals surface area contributed by atoms with Gasteiger partial charge in [-0.3, -0.25) is 19.4 Å². The van der Waals surface area contributed by atoms with E-state index in [9.17, 15) is 14.7 Å². The number of aromatic amines is 2. The average Bonchev–Trinajstić information content (AvgIpc) is 3.53. The van der Waals surface area contributed by atoms with Gasteiger partial charge < -0.3 is 19.2 Å². The number of hydrogen-bond donors (Lipinski definition) is 3. The standard InChI is InChI=1S/C24H21N3O5/c1-31-14-8-6-12(7-9-14)17-18-23(27(26-24(18)30)13-4-2-3-5-13)25-19-15-10-11-16(28)20(29)21(15)32-22(17)19/h6-11,13,25,29H,2-5H2,1H3,(H,26,30). The summed E-state index contributed by atoms with van der Waals surface area (Å²) in [6.45, 7) is 0. The molecule has 1 aliphatic rings. The Labute approximate surface area is 181 Å². The molecule has 0 saturated heterocycles. The van der Waals surface area contributed by atoms with Gasteiger partial charge in [0.05, 0.1) is 24.1 Å². The fourth-order valence-electron chi connectivity index (χ4n) is 4.93. The third kappa shape index (κ3) is 2.55. The highest BCUT2D eigenvalue weighted by atomic mass is 16.5. The third-order valence-corrected chi connectivity index (χ3v) is 6.51. The van der Waals surface area contributed by atoms with Crippen LogP contribution in [0.25, 0.3) is 44.2 Å². The van der Waals surface area contributed by atoms with E-state index < -0.39 is 11.2 Å². The van der Waals surface area contributed by atoms with Crippen molar-refractivity contribution in [1.29, 1.82) is 0 Å². The first-order valence-corrected chi connectivity index (χ1v) is 10.7. The first-order valence-electron chi connectivity index (χ1n) is 10.7.